The molecule has 214 valence electrons. The summed E-state index contributed by atoms with van der Waals surface area (Å²) in [5.41, 5.74) is 1.04. The number of hydrogen-bond donors (Lipinski definition) is 2. The summed E-state index contributed by atoms with van der Waals surface area (Å²) in [7, 11) is 3.18. The molecule has 10 heteroatoms. The number of nitrogens with zero attached hydrogens (tertiary/aromatic N) is 3. The van der Waals surface area contributed by atoms with E-state index in [-0.39, 0.29) is 17.9 Å². The van der Waals surface area contributed by atoms with Gasteiger partial charge in [0.1, 0.15) is 6.04 Å². The van der Waals surface area contributed by atoms with Crippen LogP contribution in [0.2, 0.25) is 0 Å². The summed E-state index contributed by atoms with van der Waals surface area (Å²) < 4.78 is 10.8. The highest BCUT2D eigenvalue weighted by molar-refractivity contribution is 6.06. The lowest BCUT2D eigenvalue weighted by Crippen LogP contribution is -2.55. The topological polar surface area (TPSA) is 121 Å². The third kappa shape index (κ3) is 6.65. The first kappa shape index (κ1) is 28.7. The zero-order valence-electron chi connectivity index (χ0n) is 23.6. The summed E-state index contributed by atoms with van der Waals surface area (Å²) >= 11 is 0. The minimum atomic E-state index is -1.17. The van der Waals surface area contributed by atoms with Crippen molar-refractivity contribution in [1.29, 1.82) is 0 Å². The van der Waals surface area contributed by atoms with Gasteiger partial charge in [0.05, 0.1) is 31.4 Å². The van der Waals surface area contributed by atoms with Crippen molar-refractivity contribution in [2.45, 2.75) is 83.7 Å². The van der Waals surface area contributed by atoms with Gasteiger partial charge in [-0.3, -0.25) is 9.59 Å². The molecule has 3 amide bonds. The molecule has 39 heavy (non-hydrogen) atoms. The Labute approximate surface area is 230 Å². The van der Waals surface area contributed by atoms with Crippen LogP contribution in [0.4, 0.5) is 4.79 Å². The van der Waals surface area contributed by atoms with Gasteiger partial charge in [-0.05, 0) is 43.4 Å². The van der Waals surface area contributed by atoms with Gasteiger partial charge in [-0.1, -0.05) is 46.0 Å². The molecule has 3 aliphatic rings. The molecule has 0 bridgehead atoms. The first-order valence-corrected chi connectivity index (χ1v) is 14.0. The van der Waals surface area contributed by atoms with E-state index in [1.807, 2.05) is 32.0 Å². The van der Waals surface area contributed by atoms with E-state index in [4.69, 9.17) is 14.6 Å². The van der Waals surface area contributed by atoms with Crippen LogP contribution in [-0.4, -0.2) is 78.0 Å². The summed E-state index contributed by atoms with van der Waals surface area (Å²) in [6.45, 7) is 4.78. The van der Waals surface area contributed by atoms with Crippen LogP contribution in [0.5, 0.6) is 11.5 Å². The number of methoxy groups -OCH3 is 2. The molecule has 0 aromatic heterocycles. The monoisotopic (exact) mass is 542 g/mol. The Hall–Kier alpha value is -3.30. The fourth-order valence-electron chi connectivity index (χ4n) is 6.12. The molecular weight excluding hydrogens is 500 g/mol. The van der Waals surface area contributed by atoms with Crippen LogP contribution in [0.25, 0.3) is 0 Å². The van der Waals surface area contributed by atoms with Gasteiger partial charge in [0, 0.05) is 25.1 Å². The van der Waals surface area contributed by atoms with Gasteiger partial charge in [-0.15, -0.1) is 0 Å². The Morgan fingerprint density at radius 1 is 1.08 bits per heavy atom. The molecule has 2 heterocycles. The molecular formula is C29H42N4O6. The molecule has 1 aromatic carbocycles. The largest absolute Gasteiger partial charge is 0.493 e. The lowest BCUT2D eigenvalue weighted by atomic mass is 9.82. The molecule has 1 saturated carbocycles. The number of carbonyl (C=O) groups is 3. The minimum absolute atomic E-state index is 0.0285. The molecule has 2 fully saturated rings. The number of hydrazone groups is 1. The molecule has 1 saturated heterocycles. The van der Waals surface area contributed by atoms with Crippen LogP contribution in [0.3, 0.4) is 0 Å². The zero-order valence-corrected chi connectivity index (χ0v) is 23.6. The predicted octanol–water partition coefficient (Wildman–Crippen LogP) is 4.26. The average molecular weight is 543 g/mol. The van der Waals surface area contributed by atoms with Crippen LogP contribution in [0, 0.1) is 11.3 Å². The van der Waals surface area contributed by atoms with Crippen molar-refractivity contribution in [2.24, 2.45) is 16.4 Å². The Bertz CT molecular complexity index is 1090. The fourth-order valence-corrected chi connectivity index (χ4v) is 6.12. The smallest absolute Gasteiger partial charge is 0.405 e. The number of hydrogen-bond acceptors (Lipinski definition) is 6. The fraction of sp³-hybridized carbons (Fsp3) is 0.655. The molecule has 0 radical (unpaired) electrons. The van der Waals surface area contributed by atoms with Crippen LogP contribution in [0.15, 0.2) is 23.3 Å². The first-order valence-electron chi connectivity index (χ1n) is 14.0. The number of amides is 3. The third-order valence-electron chi connectivity index (χ3n) is 8.35. The first-order chi connectivity index (χ1) is 18.6. The van der Waals surface area contributed by atoms with Crippen molar-refractivity contribution < 1.29 is 29.0 Å². The van der Waals surface area contributed by atoms with Crippen molar-refractivity contribution in [1.82, 2.24) is 15.2 Å². The molecule has 0 spiro atoms. The Balaban J connectivity index is 1.47. The summed E-state index contributed by atoms with van der Waals surface area (Å²) in [5.74, 6) is 1.40. The van der Waals surface area contributed by atoms with Gasteiger partial charge >= 0.3 is 6.09 Å². The van der Waals surface area contributed by atoms with E-state index < -0.39 is 17.6 Å². The number of nitrogens with one attached hydrogen (secondary N) is 1. The van der Waals surface area contributed by atoms with Crippen molar-refractivity contribution in [3.05, 3.63) is 23.8 Å². The number of benzene rings is 1. The van der Waals surface area contributed by atoms with E-state index in [1.165, 1.54) is 6.42 Å². The maximum atomic E-state index is 13.4. The summed E-state index contributed by atoms with van der Waals surface area (Å²) in [6, 6.07) is 4.77. The van der Waals surface area contributed by atoms with Crippen LogP contribution in [-0.2, 0) is 9.59 Å². The number of likely N-dealkylation sites (tertiary alicyclic amines) is 1. The van der Waals surface area contributed by atoms with E-state index in [1.54, 1.807) is 24.1 Å². The van der Waals surface area contributed by atoms with E-state index in [2.05, 4.69) is 5.32 Å². The average Bonchev–Trinajstić information content (AvgIpc) is 2.93. The van der Waals surface area contributed by atoms with Crippen molar-refractivity contribution in [3.8, 4) is 11.5 Å². The van der Waals surface area contributed by atoms with E-state index in [9.17, 15) is 19.5 Å². The summed E-state index contributed by atoms with van der Waals surface area (Å²) in [6.07, 6.45) is 6.60. The molecule has 1 atom stereocenters. The van der Waals surface area contributed by atoms with Gasteiger partial charge in [0.25, 0.3) is 0 Å². The van der Waals surface area contributed by atoms with Gasteiger partial charge < -0.3 is 24.8 Å². The van der Waals surface area contributed by atoms with Gasteiger partial charge in [-0.2, -0.15) is 5.10 Å². The van der Waals surface area contributed by atoms with Crippen LogP contribution >= 0.6 is 0 Å². The molecule has 10 nitrogen and oxygen atoms in total. The molecule has 2 aliphatic heterocycles. The van der Waals surface area contributed by atoms with E-state index in [0.29, 0.717) is 56.2 Å². The number of piperidine rings is 1. The van der Waals surface area contributed by atoms with Gasteiger partial charge in [0.2, 0.25) is 11.8 Å². The Morgan fingerprint density at radius 2 is 1.74 bits per heavy atom. The van der Waals surface area contributed by atoms with Gasteiger partial charge in [-0.25, -0.2) is 9.80 Å². The van der Waals surface area contributed by atoms with Crippen molar-refractivity contribution in [3.63, 3.8) is 0 Å². The molecule has 4 rings (SSSR count). The van der Waals surface area contributed by atoms with Crippen LogP contribution < -0.4 is 14.8 Å². The molecule has 0 unspecified atom stereocenters. The SMILES string of the molecule is COc1ccc(C2=NN(C3CCN(C(=O)[C@H](CC4CCCCC4)NC(=O)O)CC3)C(=O)C(C)(C)C2)cc1OC. The standard InChI is InChI=1S/C29H42N4O6/c1-29(2)18-23(20-10-11-24(38-3)25(17-20)39-4)31-33(27(29)35)21-12-14-32(15-13-21)26(34)22(30-28(36)37)16-19-8-6-5-7-9-19/h10-11,17,19,21-22,30H,5-9,12-16,18H2,1-4H3,(H,36,37)/t22-/m0/s1. The lowest BCUT2D eigenvalue weighted by Gasteiger charge is -2.42. The Morgan fingerprint density at radius 3 is 2.36 bits per heavy atom. The zero-order chi connectivity index (χ0) is 28.2. The molecule has 1 aromatic rings. The number of ether oxygens (including phenoxy) is 2. The number of carbonyl (C=O) groups excluding carboxylic acids is 2. The lowest BCUT2D eigenvalue weighted by molar-refractivity contribution is -0.145. The second kappa shape index (κ2) is 12.3. The third-order valence-corrected chi connectivity index (χ3v) is 8.35. The maximum Gasteiger partial charge on any atom is 0.405 e. The van der Waals surface area contributed by atoms with Gasteiger partial charge in [0.15, 0.2) is 11.5 Å². The Kier molecular flexibility index (Phi) is 9.02. The highest BCUT2D eigenvalue weighted by Crippen LogP contribution is 2.36. The van der Waals surface area contributed by atoms with Crippen LogP contribution in [0.1, 0.15) is 77.2 Å². The minimum Gasteiger partial charge on any atom is -0.493 e. The van der Waals surface area contributed by atoms with Crippen molar-refractivity contribution in [2.75, 3.05) is 27.3 Å². The normalized spacial score (nSPS) is 21.2. The second-order valence-electron chi connectivity index (χ2n) is 11.6. The van der Waals surface area contributed by atoms with Crippen molar-refractivity contribution >= 4 is 23.6 Å². The highest BCUT2D eigenvalue weighted by atomic mass is 16.5. The van der Waals surface area contributed by atoms with E-state index in [0.717, 1.165) is 37.0 Å². The summed E-state index contributed by atoms with van der Waals surface area (Å²) in [4.78, 5) is 40.0. The highest BCUT2D eigenvalue weighted by Gasteiger charge is 2.42. The number of carboxylic acid groups (broad SMARTS) is 1. The molecule has 1 aliphatic carbocycles. The maximum absolute atomic E-state index is 13.4. The second-order valence-corrected chi connectivity index (χ2v) is 11.6. The van der Waals surface area contributed by atoms with E-state index >= 15 is 0 Å². The number of rotatable bonds is 8. The quantitative estimate of drug-likeness (QED) is 0.506. The predicted molar refractivity (Wildman–Crippen MR) is 147 cm³/mol. The molecule has 2 N–H and O–H groups in total. The summed E-state index contributed by atoms with van der Waals surface area (Å²) in [5, 5.41) is 18.3.